The van der Waals surface area contributed by atoms with E-state index in [-0.39, 0.29) is 0 Å². The predicted octanol–water partition coefficient (Wildman–Crippen LogP) is 0.998. The summed E-state index contributed by atoms with van der Waals surface area (Å²) in [5.41, 5.74) is 0. The summed E-state index contributed by atoms with van der Waals surface area (Å²) < 4.78 is 0. The van der Waals surface area contributed by atoms with Crippen molar-refractivity contribution in [2.24, 2.45) is 10.2 Å². The van der Waals surface area contributed by atoms with Crippen LogP contribution in [-0.4, -0.2) is 19.3 Å². The average molecular weight is 104 g/mol. The number of azo groups is 1. The number of hydrogen-bond acceptors (Lipinski definition) is 3. The van der Waals surface area contributed by atoms with Gasteiger partial charge in [-0.2, -0.15) is 22.9 Å². The summed E-state index contributed by atoms with van der Waals surface area (Å²) in [6.45, 7) is 0.736. The Bertz CT molecular complexity index is 44.1. The molecule has 0 saturated carbocycles. The van der Waals surface area contributed by atoms with E-state index >= 15 is 0 Å². The summed E-state index contributed by atoms with van der Waals surface area (Å²) in [5.74, 6) is 0.789. The van der Waals surface area contributed by atoms with E-state index in [9.17, 15) is 0 Å². The van der Waals surface area contributed by atoms with E-state index in [0.29, 0.717) is 0 Å². The Hall–Kier alpha value is -0.0500. The zero-order valence-electron chi connectivity index (χ0n) is 3.76. The minimum absolute atomic E-state index is 0.736. The lowest BCUT2D eigenvalue weighted by molar-refractivity contribution is 0.987. The van der Waals surface area contributed by atoms with Crippen LogP contribution in [0, 0.1) is 0 Å². The van der Waals surface area contributed by atoms with Crippen LogP contribution in [0.5, 0.6) is 0 Å². The van der Waals surface area contributed by atoms with Crippen molar-refractivity contribution in [3.8, 4) is 0 Å². The fraction of sp³-hybridized carbons (Fsp3) is 1.00. The van der Waals surface area contributed by atoms with Crippen LogP contribution in [0.2, 0.25) is 0 Å². The fourth-order valence-corrected chi connectivity index (χ4v) is 0.234. The maximum Gasteiger partial charge on any atom is 0.0686 e. The topological polar surface area (TPSA) is 24.7 Å². The van der Waals surface area contributed by atoms with E-state index in [4.69, 9.17) is 0 Å². The van der Waals surface area contributed by atoms with Crippen molar-refractivity contribution < 1.29 is 0 Å². The van der Waals surface area contributed by atoms with Crippen LogP contribution in [0.1, 0.15) is 0 Å². The van der Waals surface area contributed by atoms with Gasteiger partial charge in [-0.3, -0.25) is 0 Å². The van der Waals surface area contributed by atoms with Gasteiger partial charge in [0.05, 0.1) is 6.54 Å². The Kier molecular flexibility index (Phi) is 4.91. The molecule has 0 aromatic carbocycles. The van der Waals surface area contributed by atoms with Gasteiger partial charge in [0.2, 0.25) is 0 Å². The molecule has 2 nitrogen and oxygen atoms in total. The van der Waals surface area contributed by atoms with Crippen molar-refractivity contribution in [2.75, 3.05) is 19.3 Å². The molecule has 0 spiro atoms. The Balaban J connectivity index is 2.66. The first-order valence-electron chi connectivity index (χ1n) is 1.78. The molecule has 0 aliphatic rings. The minimum Gasteiger partial charge on any atom is -0.198 e. The molecule has 36 valence electrons. The van der Waals surface area contributed by atoms with E-state index < -0.39 is 0 Å². The Morgan fingerprint density at radius 2 is 2.33 bits per heavy atom. The maximum absolute atomic E-state index is 3.90. The van der Waals surface area contributed by atoms with Crippen LogP contribution in [0.4, 0.5) is 0 Å². The van der Waals surface area contributed by atoms with Crippen LogP contribution in [-0.2, 0) is 0 Å². The second-order valence-corrected chi connectivity index (χ2v) is 1.24. The third-order valence-electron chi connectivity index (χ3n) is 0.341. The fourth-order valence-electron chi connectivity index (χ4n) is 0.145. The van der Waals surface area contributed by atoms with E-state index in [1.54, 1.807) is 7.05 Å². The zero-order valence-corrected chi connectivity index (χ0v) is 4.65. The van der Waals surface area contributed by atoms with E-state index in [1.165, 1.54) is 0 Å². The first-order chi connectivity index (χ1) is 2.91. The van der Waals surface area contributed by atoms with Crippen LogP contribution < -0.4 is 0 Å². The molecule has 3 heteroatoms. The van der Waals surface area contributed by atoms with Gasteiger partial charge in [0, 0.05) is 12.8 Å². The number of hydrogen-bond donors (Lipinski definition) is 1. The molecule has 0 aromatic heterocycles. The summed E-state index contributed by atoms with van der Waals surface area (Å²) in [7, 11) is 1.66. The molecule has 0 amide bonds. The molecule has 0 aliphatic carbocycles. The molecule has 0 atom stereocenters. The normalized spacial score (nSPS) is 10.3. The molecule has 0 aliphatic heterocycles. The highest BCUT2D eigenvalue weighted by Crippen LogP contribution is 1.73. The summed E-state index contributed by atoms with van der Waals surface area (Å²) in [5, 5.41) is 7.14. The zero-order chi connectivity index (χ0) is 4.83. The monoisotopic (exact) mass is 104 g/mol. The predicted molar refractivity (Wildman–Crippen MR) is 29.5 cm³/mol. The largest absolute Gasteiger partial charge is 0.198 e. The van der Waals surface area contributed by atoms with Crippen LogP contribution in [0.25, 0.3) is 0 Å². The van der Waals surface area contributed by atoms with E-state index in [2.05, 4.69) is 22.9 Å². The van der Waals surface area contributed by atoms with Crippen molar-refractivity contribution in [3.63, 3.8) is 0 Å². The summed E-state index contributed by atoms with van der Waals surface area (Å²) in [6, 6.07) is 0. The van der Waals surface area contributed by atoms with E-state index in [1.807, 2.05) is 0 Å². The number of rotatable bonds is 2. The molecule has 0 bridgehead atoms. The molecule has 0 aromatic rings. The number of thiol groups is 1. The van der Waals surface area contributed by atoms with Crippen LogP contribution >= 0.6 is 12.6 Å². The molecule has 6 heavy (non-hydrogen) atoms. The van der Waals surface area contributed by atoms with Crippen LogP contribution in [0.15, 0.2) is 10.2 Å². The second-order valence-electron chi connectivity index (χ2n) is 0.789. The molecule has 0 unspecified atom stereocenters. The third kappa shape index (κ3) is 3.95. The van der Waals surface area contributed by atoms with Gasteiger partial charge in [-0.05, 0) is 0 Å². The van der Waals surface area contributed by atoms with Gasteiger partial charge < -0.3 is 0 Å². The summed E-state index contributed by atoms with van der Waals surface area (Å²) in [4.78, 5) is 0. The Morgan fingerprint density at radius 3 is 2.50 bits per heavy atom. The Morgan fingerprint density at radius 1 is 1.67 bits per heavy atom. The van der Waals surface area contributed by atoms with Gasteiger partial charge >= 0.3 is 0 Å². The van der Waals surface area contributed by atoms with Crippen molar-refractivity contribution in [3.05, 3.63) is 0 Å². The highest BCUT2D eigenvalue weighted by Gasteiger charge is 1.66. The van der Waals surface area contributed by atoms with Gasteiger partial charge in [0.15, 0.2) is 0 Å². The minimum atomic E-state index is 0.736. The van der Waals surface area contributed by atoms with Gasteiger partial charge in [-0.25, -0.2) is 0 Å². The molecule has 0 rings (SSSR count). The van der Waals surface area contributed by atoms with Crippen LogP contribution in [0.3, 0.4) is 0 Å². The van der Waals surface area contributed by atoms with Crippen molar-refractivity contribution in [1.82, 2.24) is 0 Å². The highest BCUT2D eigenvalue weighted by molar-refractivity contribution is 7.80. The summed E-state index contributed by atoms with van der Waals surface area (Å²) >= 11 is 3.90. The average Bonchev–Trinajstić information content (AvgIpc) is 1.61. The van der Waals surface area contributed by atoms with E-state index in [0.717, 1.165) is 12.3 Å². The van der Waals surface area contributed by atoms with Crippen molar-refractivity contribution in [1.29, 1.82) is 0 Å². The van der Waals surface area contributed by atoms with Gasteiger partial charge in [0.1, 0.15) is 0 Å². The van der Waals surface area contributed by atoms with Gasteiger partial charge in [0.25, 0.3) is 0 Å². The molecule has 0 N–H and O–H groups in total. The van der Waals surface area contributed by atoms with Crippen molar-refractivity contribution >= 4 is 12.6 Å². The lowest BCUT2D eigenvalue weighted by atomic mass is 10.8. The highest BCUT2D eigenvalue weighted by atomic mass is 32.1. The third-order valence-corrected chi connectivity index (χ3v) is 0.541. The quantitative estimate of drug-likeness (QED) is 0.399. The SMILES string of the molecule is CN=NCCS. The second kappa shape index (κ2) is 4.95. The smallest absolute Gasteiger partial charge is 0.0686 e. The lowest BCUT2D eigenvalue weighted by Gasteiger charge is -1.75. The molecular weight excluding hydrogens is 96.1 g/mol. The maximum atomic E-state index is 3.90. The molecular formula is C3H8N2S. The Labute approximate surface area is 43.1 Å². The summed E-state index contributed by atoms with van der Waals surface area (Å²) in [6.07, 6.45) is 0. The lowest BCUT2D eigenvalue weighted by Crippen LogP contribution is -1.74. The van der Waals surface area contributed by atoms with Gasteiger partial charge in [-0.1, -0.05) is 0 Å². The molecule has 0 radical (unpaired) electrons. The molecule has 0 saturated heterocycles. The standard InChI is InChI=1S/C3H8N2S/c1-4-5-2-3-6/h6H,2-3H2,1H3. The molecule has 0 heterocycles. The first-order valence-corrected chi connectivity index (χ1v) is 2.41. The first kappa shape index (κ1) is 5.95. The number of nitrogens with zero attached hydrogens (tertiary/aromatic N) is 2. The van der Waals surface area contributed by atoms with Gasteiger partial charge in [-0.15, -0.1) is 0 Å². The van der Waals surface area contributed by atoms with Crippen molar-refractivity contribution in [2.45, 2.75) is 0 Å². The molecule has 0 fully saturated rings.